The van der Waals surface area contributed by atoms with E-state index in [0.717, 1.165) is 12.3 Å². The van der Waals surface area contributed by atoms with Crippen molar-refractivity contribution in [3.63, 3.8) is 0 Å². The Balaban J connectivity index is 2.16. The summed E-state index contributed by atoms with van der Waals surface area (Å²) in [5.41, 5.74) is 0. The normalized spacial score (nSPS) is 30.7. The fraction of sp³-hybridized carbons (Fsp3) is 1.00. The lowest BCUT2D eigenvalue weighted by atomic mass is 10.1. The third-order valence-electron chi connectivity index (χ3n) is 3.20. The van der Waals surface area contributed by atoms with Gasteiger partial charge in [-0.3, -0.25) is 0 Å². The first-order valence-electron chi connectivity index (χ1n) is 5.63. The minimum absolute atomic E-state index is 0.304. The topological polar surface area (TPSA) is 32.3 Å². The summed E-state index contributed by atoms with van der Waals surface area (Å²) in [6, 6.07) is 1.19. The summed E-state index contributed by atoms with van der Waals surface area (Å²) in [4.78, 5) is 0. The average Bonchev–Trinajstić information content (AvgIpc) is 2.52. The van der Waals surface area contributed by atoms with Gasteiger partial charge in [-0.2, -0.15) is 0 Å². The Hall–Kier alpha value is -0.0800. The molecule has 1 aliphatic carbocycles. The number of aliphatic hydroxyl groups is 1. The van der Waals surface area contributed by atoms with Crippen LogP contribution in [0, 0.1) is 5.92 Å². The predicted molar refractivity (Wildman–Crippen MR) is 55.7 cm³/mol. The van der Waals surface area contributed by atoms with Crippen LogP contribution in [0.4, 0.5) is 0 Å². The van der Waals surface area contributed by atoms with Gasteiger partial charge in [0.15, 0.2) is 0 Å². The van der Waals surface area contributed by atoms with E-state index in [1.807, 2.05) is 0 Å². The first-order chi connectivity index (χ1) is 6.26. The van der Waals surface area contributed by atoms with E-state index in [0.29, 0.717) is 18.7 Å². The summed E-state index contributed by atoms with van der Waals surface area (Å²) in [6.07, 6.45) is 6.26. The first-order valence-corrected chi connectivity index (χ1v) is 5.63. The van der Waals surface area contributed by atoms with Gasteiger partial charge in [0.2, 0.25) is 0 Å². The highest BCUT2D eigenvalue weighted by atomic mass is 16.3. The lowest BCUT2D eigenvalue weighted by Gasteiger charge is -2.18. The maximum atomic E-state index is 8.77. The van der Waals surface area contributed by atoms with E-state index in [2.05, 4.69) is 19.2 Å². The second-order valence-electron chi connectivity index (χ2n) is 4.36. The molecule has 2 nitrogen and oxygen atoms in total. The number of hydrogen-bond acceptors (Lipinski definition) is 2. The molecule has 0 aliphatic heterocycles. The molecule has 0 aromatic heterocycles. The zero-order chi connectivity index (χ0) is 9.68. The second kappa shape index (κ2) is 5.61. The standard InChI is InChI=1S/C11H23NO/c1-3-10-4-5-11(8-10)12-9(2)6-7-13/h9-13H,3-8H2,1-2H3. The average molecular weight is 185 g/mol. The number of hydrogen-bond donors (Lipinski definition) is 2. The van der Waals surface area contributed by atoms with Crippen LogP contribution in [0.2, 0.25) is 0 Å². The van der Waals surface area contributed by atoms with Crippen LogP contribution in [0.3, 0.4) is 0 Å². The Morgan fingerprint density at radius 1 is 1.46 bits per heavy atom. The number of nitrogens with one attached hydrogen (secondary N) is 1. The summed E-state index contributed by atoms with van der Waals surface area (Å²) < 4.78 is 0. The van der Waals surface area contributed by atoms with E-state index in [-0.39, 0.29) is 0 Å². The molecule has 0 aromatic rings. The van der Waals surface area contributed by atoms with Gasteiger partial charge < -0.3 is 10.4 Å². The highest BCUT2D eigenvalue weighted by Crippen LogP contribution is 2.28. The summed E-state index contributed by atoms with van der Waals surface area (Å²) in [5, 5.41) is 12.4. The Morgan fingerprint density at radius 3 is 2.77 bits per heavy atom. The molecule has 3 unspecified atom stereocenters. The first kappa shape index (κ1) is 11.0. The van der Waals surface area contributed by atoms with Crippen molar-refractivity contribution in [3.8, 4) is 0 Å². The minimum Gasteiger partial charge on any atom is -0.396 e. The van der Waals surface area contributed by atoms with Gasteiger partial charge in [-0.15, -0.1) is 0 Å². The highest BCUT2D eigenvalue weighted by molar-refractivity contribution is 4.81. The van der Waals surface area contributed by atoms with Crippen LogP contribution in [0.25, 0.3) is 0 Å². The van der Waals surface area contributed by atoms with Gasteiger partial charge in [0, 0.05) is 18.7 Å². The molecule has 1 aliphatic rings. The summed E-state index contributed by atoms with van der Waals surface area (Å²) in [5.74, 6) is 0.943. The largest absolute Gasteiger partial charge is 0.396 e. The van der Waals surface area contributed by atoms with Crippen molar-refractivity contribution >= 4 is 0 Å². The second-order valence-corrected chi connectivity index (χ2v) is 4.36. The quantitative estimate of drug-likeness (QED) is 0.686. The van der Waals surface area contributed by atoms with E-state index in [1.165, 1.54) is 25.7 Å². The van der Waals surface area contributed by atoms with Crippen molar-refractivity contribution < 1.29 is 5.11 Å². The summed E-state index contributed by atoms with van der Waals surface area (Å²) >= 11 is 0. The van der Waals surface area contributed by atoms with Gasteiger partial charge >= 0.3 is 0 Å². The Kier molecular flexibility index (Phi) is 4.74. The van der Waals surface area contributed by atoms with Crippen LogP contribution < -0.4 is 5.32 Å². The molecule has 78 valence electrons. The zero-order valence-electron chi connectivity index (χ0n) is 8.92. The smallest absolute Gasteiger partial charge is 0.0445 e. The predicted octanol–water partition coefficient (Wildman–Crippen LogP) is 1.93. The number of rotatable bonds is 5. The lowest BCUT2D eigenvalue weighted by molar-refractivity contribution is 0.262. The summed E-state index contributed by atoms with van der Waals surface area (Å²) in [6.45, 7) is 4.75. The molecule has 0 bridgehead atoms. The van der Waals surface area contributed by atoms with Crippen LogP contribution in [-0.4, -0.2) is 23.8 Å². The van der Waals surface area contributed by atoms with Crippen molar-refractivity contribution in [2.24, 2.45) is 5.92 Å². The molecule has 0 saturated heterocycles. The van der Waals surface area contributed by atoms with Crippen molar-refractivity contribution in [3.05, 3.63) is 0 Å². The molecule has 0 heterocycles. The van der Waals surface area contributed by atoms with Crippen molar-refractivity contribution in [1.29, 1.82) is 0 Å². The molecule has 1 saturated carbocycles. The van der Waals surface area contributed by atoms with E-state index >= 15 is 0 Å². The van der Waals surface area contributed by atoms with Crippen molar-refractivity contribution in [2.45, 2.75) is 58.0 Å². The fourth-order valence-corrected chi connectivity index (χ4v) is 2.28. The molecular formula is C11H23NO. The minimum atomic E-state index is 0.304. The van der Waals surface area contributed by atoms with E-state index < -0.39 is 0 Å². The zero-order valence-corrected chi connectivity index (χ0v) is 8.92. The third kappa shape index (κ3) is 3.65. The Labute approximate surface area is 81.7 Å². The van der Waals surface area contributed by atoms with Crippen LogP contribution in [0.5, 0.6) is 0 Å². The van der Waals surface area contributed by atoms with E-state index in [4.69, 9.17) is 5.11 Å². The molecule has 3 atom stereocenters. The molecule has 1 fully saturated rings. The molecular weight excluding hydrogens is 162 g/mol. The molecule has 1 rings (SSSR count). The van der Waals surface area contributed by atoms with Gasteiger partial charge in [-0.25, -0.2) is 0 Å². The Morgan fingerprint density at radius 2 is 2.23 bits per heavy atom. The molecule has 2 heteroatoms. The van der Waals surface area contributed by atoms with Gasteiger partial charge in [0.25, 0.3) is 0 Å². The molecule has 0 amide bonds. The SMILES string of the molecule is CCC1CCC(NC(C)CCO)C1. The molecule has 0 radical (unpaired) electrons. The van der Waals surface area contributed by atoms with Crippen molar-refractivity contribution in [2.75, 3.05) is 6.61 Å². The van der Waals surface area contributed by atoms with Gasteiger partial charge in [-0.05, 0) is 38.5 Å². The van der Waals surface area contributed by atoms with Crippen LogP contribution >= 0.6 is 0 Å². The van der Waals surface area contributed by atoms with Gasteiger partial charge in [0.1, 0.15) is 0 Å². The van der Waals surface area contributed by atoms with Crippen LogP contribution in [0.1, 0.15) is 46.0 Å². The molecule has 13 heavy (non-hydrogen) atoms. The van der Waals surface area contributed by atoms with Crippen LogP contribution in [-0.2, 0) is 0 Å². The van der Waals surface area contributed by atoms with E-state index in [9.17, 15) is 0 Å². The number of aliphatic hydroxyl groups excluding tert-OH is 1. The van der Waals surface area contributed by atoms with Gasteiger partial charge in [0.05, 0.1) is 0 Å². The molecule has 0 aromatic carbocycles. The monoisotopic (exact) mass is 185 g/mol. The lowest BCUT2D eigenvalue weighted by Crippen LogP contribution is -2.35. The Bertz CT molecular complexity index is 138. The third-order valence-corrected chi connectivity index (χ3v) is 3.20. The van der Waals surface area contributed by atoms with Gasteiger partial charge in [-0.1, -0.05) is 13.3 Å². The molecule has 2 N–H and O–H groups in total. The maximum Gasteiger partial charge on any atom is 0.0445 e. The summed E-state index contributed by atoms with van der Waals surface area (Å²) in [7, 11) is 0. The van der Waals surface area contributed by atoms with Crippen LogP contribution in [0.15, 0.2) is 0 Å². The fourth-order valence-electron chi connectivity index (χ4n) is 2.28. The highest BCUT2D eigenvalue weighted by Gasteiger charge is 2.23. The molecule has 0 spiro atoms. The maximum absolute atomic E-state index is 8.77. The van der Waals surface area contributed by atoms with E-state index in [1.54, 1.807) is 0 Å². The van der Waals surface area contributed by atoms with Crippen molar-refractivity contribution in [1.82, 2.24) is 5.32 Å².